The molecule has 3 rings (SSSR count). The molecule has 0 aliphatic rings. The first-order chi connectivity index (χ1) is 15.5. The van der Waals surface area contributed by atoms with E-state index >= 15 is 0 Å². The van der Waals surface area contributed by atoms with E-state index in [4.69, 9.17) is 0 Å². The van der Waals surface area contributed by atoms with E-state index in [0.29, 0.717) is 17.7 Å². The van der Waals surface area contributed by atoms with Gasteiger partial charge in [-0.25, -0.2) is 0 Å². The average molecular weight is 453 g/mol. The summed E-state index contributed by atoms with van der Waals surface area (Å²) in [5, 5.41) is 9.78. The first-order valence-corrected chi connectivity index (χ1v) is 12.2. The number of nitrogens with zero attached hydrogens (tertiary/aromatic N) is 1. The van der Waals surface area contributed by atoms with Gasteiger partial charge in [0, 0.05) is 25.6 Å². The smallest absolute Gasteiger partial charge is 0.307 e. The minimum atomic E-state index is -0.249. The van der Waals surface area contributed by atoms with Crippen molar-refractivity contribution in [3.8, 4) is 17.0 Å². The number of unbranched alkanes of at least 4 members (excludes halogenated alkanes) is 5. The summed E-state index contributed by atoms with van der Waals surface area (Å²) >= 11 is 1.03. The molecule has 0 fully saturated rings. The number of nitrogens with one attached hydrogen (secondary N) is 1. The fourth-order valence-corrected chi connectivity index (χ4v) is 4.49. The zero-order chi connectivity index (χ0) is 22.9. The van der Waals surface area contributed by atoms with Crippen molar-refractivity contribution >= 4 is 22.9 Å². The molecule has 0 aliphatic heterocycles. The second kappa shape index (κ2) is 11.7. The lowest BCUT2D eigenvalue weighted by Gasteiger charge is -2.18. The maximum absolute atomic E-state index is 12.6. The van der Waals surface area contributed by atoms with Crippen molar-refractivity contribution in [3.63, 3.8) is 0 Å². The molecule has 1 amide bonds. The highest BCUT2D eigenvalue weighted by Crippen LogP contribution is 2.27. The molecule has 6 heteroatoms. The Bertz CT molecular complexity index is 1070. The van der Waals surface area contributed by atoms with E-state index < -0.39 is 0 Å². The quantitative estimate of drug-likeness (QED) is 0.345. The summed E-state index contributed by atoms with van der Waals surface area (Å²) in [6.07, 6.45) is 8.12. The summed E-state index contributed by atoms with van der Waals surface area (Å²) < 4.78 is 0. The van der Waals surface area contributed by atoms with Crippen molar-refractivity contribution in [2.45, 2.75) is 58.3 Å². The summed E-state index contributed by atoms with van der Waals surface area (Å²) in [7, 11) is 1.84. The van der Waals surface area contributed by atoms with Gasteiger partial charge in [0.15, 0.2) is 0 Å². The van der Waals surface area contributed by atoms with Gasteiger partial charge >= 0.3 is 4.87 Å². The van der Waals surface area contributed by atoms with Crippen LogP contribution in [0.15, 0.2) is 53.3 Å². The number of carbonyl (C=O) groups is 1. The second-order valence-electron chi connectivity index (χ2n) is 8.18. The fraction of sp³-hybridized carbons (Fsp3) is 0.385. The zero-order valence-corrected chi connectivity index (χ0v) is 19.7. The molecule has 170 valence electrons. The van der Waals surface area contributed by atoms with Gasteiger partial charge in [0.1, 0.15) is 0 Å². The van der Waals surface area contributed by atoms with Crippen molar-refractivity contribution in [1.82, 2.24) is 4.98 Å². The van der Waals surface area contributed by atoms with Gasteiger partial charge < -0.3 is 10.0 Å². The standard InChI is InChI=1S/C26H32N2O3S/c1-3-4-5-6-7-8-12-24(29)28(2)22-11-9-10-21(18-22)20-15-13-19(14-16-20)17-23-25(30)27-26(31)32-23/h9-11,13-16,18,30H,3-8,12,17H2,1-2H3,(H,27,31). The lowest BCUT2D eigenvalue weighted by molar-refractivity contribution is -0.118. The highest BCUT2D eigenvalue weighted by atomic mass is 32.1. The molecule has 0 unspecified atom stereocenters. The molecule has 2 N–H and O–H groups in total. The molecule has 0 radical (unpaired) electrons. The highest BCUT2D eigenvalue weighted by molar-refractivity contribution is 7.09. The van der Waals surface area contributed by atoms with Gasteiger partial charge in [0.2, 0.25) is 11.8 Å². The van der Waals surface area contributed by atoms with Crippen LogP contribution in [0.1, 0.15) is 62.3 Å². The van der Waals surface area contributed by atoms with Crippen molar-refractivity contribution in [2.75, 3.05) is 11.9 Å². The number of aromatic hydroxyl groups is 1. The Hall–Kier alpha value is -2.86. The van der Waals surface area contributed by atoms with Crippen LogP contribution < -0.4 is 9.77 Å². The van der Waals surface area contributed by atoms with Crippen molar-refractivity contribution in [1.29, 1.82) is 0 Å². The molecule has 0 bridgehead atoms. The number of amides is 1. The number of hydrogen-bond donors (Lipinski definition) is 2. The summed E-state index contributed by atoms with van der Waals surface area (Å²) in [6, 6.07) is 16.1. The Balaban J connectivity index is 1.60. The molecular weight excluding hydrogens is 420 g/mol. The fourth-order valence-electron chi connectivity index (χ4n) is 3.73. The Morgan fingerprint density at radius 1 is 1.00 bits per heavy atom. The third-order valence-corrected chi connectivity index (χ3v) is 6.58. The van der Waals surface area contributed by atoms with E-state index in [1.54, 1.807) is 4.90 Å². The van der Waals surface area contributed by atoms with Crippen LogP contribution in [0.2, 0.25) is 0 Å². The summed E-state index contributed by atoms with van der Waals surface area (Å²) in [6.45, 7) is 2.21. The Labute approximate surface area is 193 Å². The van der Waals surface area contributed by atoms with Gasteiger partial charge in [0.05, 0.1) is 4.88 Å². The number of rotatable bonds is 11. The predicted molar refractivity (Wildman–Crippen MR) is 133 cm³/mol. The van der Waals surface area contributed by atoms with Gasteiger partial charge in [-0.1, -0.05) is 86.8 Å². The molecule has 0 saturated carbocycles. The molecule has 1 heterocycles. The van der Waals surface area contributed by atoms with Crippen LogP contribution in [-0.4, -0.2) is 23.0 Å². The first kappa shape index (κ1) is 23.8. The molecule has 0 spiro atoms. The minimum absolute atomic E-state index is 0.0505. The highest BCUT2D eigenvalue weighted by Gasteiger charge is 2.12. The van der Waals surface area contributed by atoms with Crippen LogP contribution in [0.5, 0.6) is 5.88 Å². The zero-order valence-electron chi connectivity index (χ0n) is 18.9. The molecule has 1 aromatic heterocycles. The second-order valence-corrected chi connectivity index (χ2v) is 9.25. The van der Waals surface area contributed by atoms with E-state index in [-0.39, 0.29) is 16.7 Å². The number of carbonyl (C=O) groups excluding carboxylic acids is 1. The normalized spacial score (nSPS) is 10.9. The third kappa shape index (κ3) is 6.57. The van der Waals surface area contributed by atoms with Crippen molar-refractivity contribution < 1.29 is 9.90 Å². The SMILES string of the molecule is CCCCCCCCC(=O)N(C)c1cccc(-c2ccc(Cc3sc(=O)[nH]c3O)cc2)c1. The van der Waals surface area contributed by atoms with Crippen LogP contribution in [0.3, 0.4) is 0 Å². The summed E-state index contributed by atoms with van der Waals surface area (Å²) in [5.41, 5.74) is 4.01. The number of hydrogen-bond acceptors (Lipinski definition) is 4. The molecular formula is C26H32N2O3S. The van der Waals surface area contributed by atoms with Crippen LogP contribution in [0.4, 0.5) is 5.69 Å². The number of H-pyrrole nitrogens is 1. The third-order valence-electron chi connectivity index (χ3n) is 5.70. The maximum Gasteiger partial charge on any atom is 0.307 e. The maximum atomic E-state index is 12.6. The van der Waals surface area contributed by atoms with E-state index in [9.17, 15) is 14.7 Å². The first-order valence-electron chi connectivity index (χ1n) is 11.3. The van der Waals surface area contributed by atoms with E-state index in [1.807, 2.05) is 55.6 Å². The molecule has 0 saturated heterocycles. The number of benzene rings is 2. The molecule has 2 aromatic carbocycles. The van der Waals surface area contributed by atoms with Gasteiger partial charge in [-0.2, -0.15) is 0 Å². The lowest BCUT2D eigenvalue weighted by Crippen LogP contribution is -2.25. The van der Waals surface area contributed by atoms with Crippen LogP contribution in [-0.2, 0) is 11.2 Å². The number of thiazole rings is 1. The lowest BCUT2D eigenvalue weighted by atomic mass is 10.0. The van der Waals surface area contributed by atoms with E-state index in [2.05, 4.69) is 11.9 Å². The number of anilines is 1. The summed E-state index contributed by atoms with van der Waals surface area (Å²) in [4.78, 5) is 28.5. The van der Waals surface area contributed by atoms with Crippen LogP contribution in [0.25, 0.3) is 11.1 Å². The molecule has 3 aromatic rings. The summed E-state index contributed by atoms with van der Waals surface area (Å²) in [5.74, 6) is 0.101. The number of aromatic nitrogens is 1. The van der Waals surface area contributed by atoms with Crippen molar-refractivity contribution in [2.24, 2.45) is 0 Å². The van der Waals surface area contributed by atoms with E-state index in [0.717, 1.165) is 46.6 Å². The average Bonchev–Trinajstić information content (AvgIpc) is 3.12. The van der Waals surface area contributed by atoms with Crippen LogP contribution >= 0.6 is 11.3 Å². The van der Waals surface area contributed by atoms with Gasteiger partial charge in [-0.3, -0.25) is 14.6 Å². The van der Waals surface area contributed by atoms with Crippen LogP contribution in [0, 0.1) is 0 Å². The van der Waals surface area contributed by atoms with Gasteiger partial charge in [-0.15, -0.1) is 0 Å². The number of aromatic amines is 1. The molecule has 32 heavy (non-hydrogen) atoms. The predicted octanol–water partition coefficient (Wildman–Crippen LogP) is 6.11. The largest absolute Gasteiger partial charge is 0.494 e. The van der Waals surface area contributed by atoms with Gasteiger partial charge in [0.25, 0.3) is 0 Å². The monoisotopic (exact) mass is 452 g/mol. The van der Waals surface area contributed by atoms with Crippen molar-refractivity contribution in [3.05, 3.63) is 68.6 Å². The topological polar surface area (TPSA) is 73.4 Å². The molecule has 5 nitrogen and oxygen atoms in total. The minimum Gasteiger partial charge on any atom is -0.494 e. The Morgan fingerprint density at radius 3 is 2.41 bits per heavy atom. The van der Waals surface area contributed by atoms with E-state index in [1.165, 1.54) is 25.7 Å². The Morgan fingerprint density at radius 2 is 1.72 bits per heavy atom. The van der Waals surface area contributed by atoms with Gasteiger partial charge in [-0.05, 0) is 35.2 Å². The molecule has 0 atom stereocenters. The molecule has 0 aliphatic carbocycles. The Kier molecular flexibility index (Phi) is 8.68.